The SMILES string of the molecule is CC(C)(C)OC(=O)N1CC[C@@]2(S(=O)(=O)c3ccc(F)cc3)c3ccc(Br)cc3CC[C@@H]12. The molecule has 1 fully saturated rings. The molecule has 8 heteroatoms. The van der Waals surface area contributed by atoms with E-state index in [1.54, 1.807) is 25.7 Å². The highest BCUT2D eigenvalue weighted by Crippen LogP contribution is 2.53. The molecule has 0 aromatic heterocycles. The van der Waals surface area contributed by atoms with Crippen LogP contribution < -0.4 is 0 Å². The molecule has 0 bridgehead atoms. The number of carbonyl (C=O) groups is 1. The van der Waals surface area contributed by atoms with Crippen LogP contribution in [0.3, 0.4) is 0 Å². The van der Waals surface area contributed by atoms with Crippen molar-refractivity contribution < 1.29 is 22.3 Å². The van der Waals surface area contributed by atoms with Crippen LogP contribution in [0.4, 0.5) is 9.18 Å². The molecule has 0 saturated carbocycles. The van der Waals surface area contributed by atoms with E-state index >= 15 is 0 Å². The first kappa shape index (κ1) is 22.3. The van der Waals surface area contributed by atoms with Gasteiger partial charge in [0.2, 0.25) is 0 Å². The molecule has 1 heterocycles. The smallest absolute Gasteiger partial charge is 0.410 e. The zero-order valence-corrected chi connectivity index (χ0v) is 20.1. The van der Waals surface area contributed by atoms with Crippen LogP contribution in [0, 0.1) is 5.82 Å². The van der Waals surface area contributed by atoms with E-state index in [2.05, 4.69) is 15.9 Å². The summed E-state index contributed by atoms with van der Waals surface area (Å²) in [6.07, 6.45) is 0.905. The highest BCUT2D eigenvalue weighted by molar-refractivity contribution is 9.10. The van der Waals surface area contributed by atoms with Gasteiger partial charge in [0.25, 0.3) is 0 Å². The Labute approximate surface area is 190 Å². The van der Waals surface area contributed by atoms with E-state index in [0.717, 1.165) is 22.2 Å². The van der Waals surface area contributed by atoms with Crippen molar-refractivity contribution in [2.75, 3.05) is 6.54 Å². The minimum Gasteiger partial charge on any atom is -0.444 e. The van der Waals surface area contributed by atoms with Gasteiger partial charge in [-0.25, -0.2) is 17.6 Å². The second-order valence-corrected chi connectivity index (χ2v) is 12.2. The van der Waals surface area contributed by atoms with Gasteiger partial charge in [0.15, 0.2) is 9.84 Å². The molecular weight excluding hydrogens is 485 g/mol. The summed E-state index contributed by atoms with van der Waals surface area (Å²) in [5.41, 5.74) is 0.972. The molecule has 5 nitrogen and oxygen atoms in total. The first-order valence-corrected chi connectivity index (χ1v) is 12.5. The zero-order valence-electron chi connectivity index (χ0n) is 17.7. The molecular formula is C23H25BrFNO4S. The van der Waals surface area contributed by atoms with Crippen LogP contribution in [0.2, 0.25) is 0 Å². The van der Waals surface area contributed by atoms with E-state index < -0.39 is 38.1 Å². The van der Waals surface area contributed by atoms with Gasteiger partial charge in [0.1, 0.15) is 16.2 Å². The van der Waals surface area contributed by atoms with Crippen LogP contribution in [0.15, 0.2) is 51.8 Å². The lowest BCUT2D eigenvalue weighted by atomic mass is 9.78. The van der Waals surface area contributed by atoms with Gasteiger partial charge in [-0.2, -0.15) is 0 Å². The number of halogens is 2. The maximum atomic E-state index is 14.1. The molecule has 1 aliphatic heterocycles. The van der Waals surface area contributed by atoms with Crippen molar-refractivity contribution in [2.24, 2.45) is 0 Å². The van der Waals surface area contributed by atoms with Crippen molar-refractivity contribution in [1.82, 2.24) is 4.90 Å². The Balaban J connectivity index is 1.88. The average molecular weight is 510 g/mol. The third-order valence-corrected chi connectivity index (χ3v) is 9.12. The largest absolute Gasteiger partial charge is 0.444 e. The molecule has 2 aliphatic rings. The summed E-state index contributed by atoms with van der Waals surface area (Å²) in [5.74, 6) is -0.497. The minimum atomic E-state index is -3.94. The number of ether oxygens (including phenoxy) is 1. The third kappa shape index (κ3) is 3.67. The summed E-state index contributed by atoms with van der Waals surface area (Å²) >= 11 is 3.48. The fourth-order valence-corrected chi connectivity index (χ4v) is 7.63. The van der Waals surface area contributed by atoms with Gasteiger partial charge in [0.05, 0.1) is 10.9 Å². The van der Waals surface area contributed by atoms with Crippen molar-refractivity contribution in [3.63, 3.8) is 0 Å². The molecule has 1 aliphatic carbocycles. The summed E-state index contributed by atoms with van der Waals surface area (Å²) in [6.45, 7) is 5.64. The Kier molecular flexibility index (Phi) is 5.45. The molecule has 166 valence electrons. The third-order valence-electron chi connectivity index (χ3n) is 6.08. The fraction of sp³-hybridized carbons (Fsp3) is 0.435. The molecule has 0 radical (unpaired) electrons. The highest BCUT2D eigenvalue weighted by Gasteiger charge is 2.61. The monoisotopic (exact) mass is 509 g/mol. The summed E-state index contributed by atoms with van der Waals surface area (Å²) < 4.78 is 46.9. The number of likely N-dealkylation sites (tertiary alicyclic amines) is 1. The summed E-state index contributed by atoms with van der Waals surface area (Å²) in [4.78, 5) is 14.6. The van der Waals surface area contributed by atoms with Gasteiger partial charge in [-0.05, 0) is 87.6 Å². The van der Waals surface area contributed by atoms with Crippen molar-refractivity contribution in [2.45, 2.75) is 61.3 Å². The van der Waals surface area contributed by atoms with E-state index in [0.29, 0.717) is 18.4 Å². The molecule has 0 unspecified atom stereocenters. The van der Waals surface area contributed by atoms with E-state index in [4.69, 9.17) is 4.74 Å². The Hall–Kier alpha value is -1.93. The summed E-state index contributed by atoms with van der Waals surface area (Å²) in [7, 11) is -3.94. The first-order chi connectivity index (χ1) is 14.5. The second kappa shape index (κ2) is 7.59. The Morgan fingerprint density at radius 1 is 1.19 bits per heavy atom. The van der Waals surface area contributed by atoms with Gasteiger partial charge in [-0.3, -0.25) is 0 Å². The van der Waals surface area contributed by atoms with E-state index in [1.165, 1.54) is 12.1 Å². The van der Waals surface area contributed by atoms with Gasteiger partial charge in [0, 0.05) is 11.0 Å². The van der Waals surface area contributed by atoms with Gasteiger partial charge >= 0.3 is 6.09 Å². The maximum absolute atomic E-state index is 14.1. The average Bonchev–Trinajstić information content (AvgIpc) is 3.08. The fourth-order valence-electron chi connectivity index (χ4n) is 4.86. The minimum absolute atomic E-state index is 0.0562. The second-order valence-electron chi connectivity index (χ2n) is 9.13. The van der Waals surface area contributed by atoms with Gasteiger partial charge in [-0.1, -0.05) is 22.0 Å². The van der Waals surface area contributed by atoms with Crippen molar-refractivity contribution in [3.05, 3.63) is 63.9 Å². The number of fused-ring (bicyclic) bond motifs is 3. The standard InChI is InChI=1S/C23H25BrFNO4S/c1-22(2,3)30-21(27)26-13-12-23(31(28,29)18-8-6-17(25)7-9-18)19-10-5-16(24)14-15(19)4-11-20(23)26/h5-10,14,20H,4,11-13H2,1-3H3/t20-,23-/m1/s1. The van der Waals surface area contributed by atoms with Gasteiger partial charge in [-0.15, -0.1) is 0 Å². The summed E-state index contributed by atoms with van der Waals surface area (Å²) in [6, 6.07) is 9.98. The van der Waals surface area contributed by atoms with E-state index in [9.17, 15) is 17.6 Å². The van der Waals surface area contributed by atoms with Crippen molar-refractivity contribution >= 4 is 31.9 Å². The molecule has 1 amide bonds. The number of aryl methyl sites for hydroxylation is 1. The maximum Gasteiger partial charge on any atom is 0.410 e. The number of carbonyl (C=O) groups excluding carboxylic acids is 1. The van der Waals surface area contributed by atoms with Crippen molar-refractivity contribution in [1.29, 1.82) is 0 Å². The lowest BCUT2D eigenvalue weighted by molar-refractivity contribution is 0.0202. The molecule has 2 aromatic rings. The Bertz CT molecular complexity index is 1130. The lowest BCUT2D eigenvalue weighted by Crippen LogP contribution is -2.52. The van der Waals surface area contributed by atoms with Crippen LogP contribution in [0.1, 0.15) is 44.7 Å². The van der Waals surface area contributed by atoms with E-state index in [-0.39, 0.29) is 17.9 Å². The predicted molar refractivity (Wildman–Crippen MR) is 119 cm³/mol. The summed E-state index contributed by atoms with van der Waals surface area (Å²) in [5, 5.41) is 0. The van der Waals surface area contributed by atoms with Crippen LogP contribution in [0.25, 0.3) is 0 Å². The number of sulfone groups is 1. The van der Waals surface area contributed by atoms with Gasteiger partial charge < -0.3 is 9.64 Å². The number of amides is 1. The number of hydrogen-bond acceptors (Lipinski definition) is 4. The van der Waals surface area contributed by atoms with Crippen molar-refractivity contribution in [3.8, 4) is 0 Å². The van der Waals surface area contributed by atoms with Crippen LogP contribution in [0.5, 0.6) is 0 Å². The lowest BCUT2D eigenvalue weighted by Gasteiger charge is -2.42. The van der Waals surface area contributed by atoms with Crippen LogP contribution in [-0.4, -0.2) is 37.6 Å². The Morgan fingerprint density at radius 3 is 2.52 bits per heavy atom. The molecule has 4 rings (SSSR count). The molecule has 2 atom stereocenters. The first-order valence-electron chi connectivity index (χ1n) is 10.2. The zero-order chi connectivity index (χ0) is 22.6. The normalized spacial score (nSPS) is 23.3. The number of rotatable bonds is 2. The van der Waals surface area contributed by atoms with E-state index in [1.807, 2.05) is 18.2 Å². The van der Waals surface area contributed by atoms with Crippen LogP contribution in [-0.2, 0) is 25.7 Å². The highest BCUT2D eigenvalue weighted by atomic mass is 79.9. The number of nitrogens with zero attached hydrogens (tertiary/aromatic N) is 1. The number of benzene rings is 2. The topological polar surface area (TPSA) is 63.7 Å². The molecule has 1 saturated heterocycles. The molecule has 0 spiro atoms. The molecule has 0 N–H and O–H groups in total. The molecule has 31 heavy (non-hydrogen) atoms. The Morgan fingerprint density at radius 2 is 1.87 bits per heavy atom. The molecule has 2 aromatic carbocycles. The number of hydrogen-bond donors (Lipinski definition) is 0. The quantitative estimate of drug-likeness (QED) is 0.521. The predicted octanol–water partition coefficient (Wildman–Crippen LogP) is 5.21. The van der Waals surface area contributed by atoms with Crippen LogP contribution >= 0.6 is 15.9 Å².